The van der Waals surface area contributed by atoms with Crippen LogP contribution in [0.3, 0.4) is 0 Å². The van der Waals surface area contributed by atoms with Crippen molar-refractivity contribution in [2.24, 2.45) is 16.7 Å². The van der Waals surface area contributed by atoms with E-state index in [0.29, 0.717) is 23.5 Å². The average Bonchev–Trinajstić information content (AvgIpc) is 2.79. The normalized spacial score (nSPS) is 33.5. The Bertz CT molecular complexity index is 514. The van der Waals surface area contributed by atoms with E-state index in [4.69, 9.17) is 4.74 Å². The van der Waals surface area contributed by atoms with E-state index in [9.17, 15) is 0 Å². The molecular formula is C18H28N2O. The molecule has 1 aromatic rings. The van der Waals surface area contributed by atoms with Crippen LogP contribution in [0.2, 0.25) is 0 Å². The van der Waals surface area contributed by atoms with Gasteiger partial charge in [-0.2, -0.15) is 0 Å². The minimum absolute atomic E-state index is 0.334. The summed E-state index contributed by atoms with van der Waals surface area (Å²) in [5.74, 6) is 0.830. The Kier molecular flexibility index (Phi) is 3.83. The number of fused-ring (bicyclic) bond motifs is 2. The van der Waals surface area contributed by atoms with Gasteiger partial charge < -0.3 is 10.1 Å². The van der Waals surface area contributed by atoms with Gasteiger partial charge in [0.25, 0.3) is 0 Å². The van der Waals surface area contributed by atoms with Crippen LogP contribution < -0.4 is 5.32 Å². The predicted molar refractivity (Wildman–Crippen MR) is 84.8 cm³/mol. The van der Waals surface area contributed by atoms with Gasteiger partial charge in [0.2, 0.25) is 0 Å². The number of nitrogens with one attached hydrogen (secondary N) is 1. The molecule has 1 heterocycles. The summed E-state index contributed by atoms with van der Waals surface area (Å²) >= 11 is 0. The van der Waals surface area contributed by atoms with Crippen molar-refractivity contribution in [2.75, 3.05) is 7.05 Å². The minimum Gasteiger partial charge on any atom is -0.371 e. The molecule has 2 aliphatic rings. The number of nitrogens with zero attached hydrogens (tertiary/aromatic N) is 1. The number of pyridine rings is 1. The minimum atomic E-state index is 0.334. The van der Waals surface area contributed by atoms with E-state index in [1.807, 2.05) is 7.05 Å². The second-order valence-electron chi connectivity index (χ2n) is 7.56. The molecule has 3 rings (SSSR count). The Balaban J connectivity index is 1.65. The molecule has 3 atom stereocenters. The highest BCUT2D eigenvalue weighted by molar-refractivity contribution is 5.13. The van der Waals surface area contributed by atoms with E-state index < -0.39 is 0 Å². The second kappa shape index (κ2) is 5.36. The van der Waals surface area contributed by atoms with Crippen molar-refractivity contribution < 1.29 is 4.74 Å². The van der Waals surface area contributed by atoms with E-state index in [-0.39, 0.29) is 0 Å². The summed E-state index contributed by atoms with van der Waals surface area (Å²) in [5.41, 5.74) is 2.88. The fourth-order valence-electron chi connectivity index (χ4n) is 4.46. The zero-order valence-electron chi connectivity index (χ0n) is 13.8. The maximum atomic E-state index is 6.31. The molecule has 0 spiro atoms. The van der Waals surface area contributed by atoms with E-state index in [1.165, 1.54) is 19.3 Å². The summed E-state index contributed by atoms with van der Waals surface area (Å²) in [7, 11) is 1.95. The van der Waals surface area contributed by atoms with Gasteiger partial charge in [0.05, 0.1) is 24.1 Å². The zero-order valence-corrected chi connectivity index (χ0v) is 13.8. The third-order valence-electron chi connectivity index (χ3n) is 6.37. The zero-order chi connectivity index (χ0) is 15.1. The topological polar surface area (TPSA) is 34.1 Å². The molecule has 0 aromatic carbocycles. The molecule has 3 nitrogen and oxygen atoms in total. The van der Waals surface area contributed by atoms with Crippen LogP contribution in [0.5, 0.6) is 0 Å². The lowest BCUT2D eigenvalue weighted by molar-refractivity contribution is -0.0560. The fraction of sp³-hybridized carbons (Fsp3) is 0.722. The third kappa shape index (κ3) is 2.40. The van der Waals surface area contributed by atoms with Gasteiger partial charge in [0, 0.05) is 6.54 Å². The van der Waals surface area contributed by atoms with Crippen molar-refractivity contribution in [1.82, 2.24) is 10.3 Å². The molecule has 0 amide bonds. The highest BCUT2D eigenvalue weighted by Crippen LogP contribution is 2.66. The largest absolute Gasteiger partial charge is 0.371 e. The van der Waals surface area contributed by atoms with Crippen molar-refractivity contribution in [3.05, 3.63) is 29.6 Å². The van der Waals surface area contributed by atoms with Crippen LogP contribution in [-0.2, 0) is 17.9 Å². The van der Waals surface area contributed by atoms with Gasteiger partial charge in [-0.25, -0.2) is 0 Å². The van der Waals surface area contributed by atoms with Gasteiger partial charge in [-0.15, -0.1) is 0 Å². The van der Waals surface area contributed by atoms with Gasteiger partial charge in [0.1, 0.15) is 0 Å². The first-order chi connectivity index (χ1) is 9.97. The molecule has 2 saturated carbocycles. The lowest BCUT2D eigenvalue weighted by atomic mass is 9.70. The summed E-state index contributed by atoms with van der Waals surface area (Å²) in [6.07, 6.45) is 4.29. The first-order valence-electron chi connectivity index (χ1n) is 8.18. The fourth-order valence-corrected chi connectivity index (χ4v) is 4.46. The van der Waals surface area contributed by atoms with Crippen LogP contribution in [0.25, 0.3) is 0 Å². The van der Waals surface area contributed by atoms with Gasteiger partial charge in [-0.05, 0) is 55.2 Å². The monoisotopic (exact) mass is 288 g/mol. The highest BCUT2D eigenvalue weighted by Gasteiger charge is 2.61. The Labute approximate surface area is 128 Å². The lowest BCUT2D eigenvalue weighted by Gasteiger charge is -2.38. The summed E-state index contributed by atoms with van der Waals surface area (Å²) in [6.45, 7) is 8.74. The van der Waals surface area contributed by atoms with Crippen molar-refractivity contribution in [2.45, 2.75) is 59.3 Å². The number of aromatic nitrogens is 1. The Morgan fingerprint density at radius 1 is 1.29 bits per heavy atom. The van der Waals surface area contributed by atoms with Crippen molar-refractivity contribution >= 4 is 0 Å². The van der Waals surface area contributed by atoms with Gasteiger partial charge in [-0.3, -0.25) is 4.98 Å². The molecule has 21 heavy (non-hydrogen) atoms. The van der Waals surface area contributed by atoms with Crippen molar-refractivity contribution in [1.29, 1.82) is 0 Å². The Hall–Kier alpha value is -0.930. The predicted octanol–water partition coefficient (Wildman–Crippen LogP) is 3.53. The molecule has 3 heteroatoms. The Morgan fingerprint density at radius 2 is 2.05 bits per heavy atom. The van der Waals surface area contributed by atoms with Crippen LogP contribution in [0.4, 0.5) is 0 Å². The quantitative estimate of drug-likeness (QED) is 0.900. The molecule has 2 aliphatic carbocycles. The smallest absolute Gasteiger partial charge is 0.0892 e. The summed E-state index contributed by atoms with van der Waals surface area (Å²) in [6, 6.07) is 6.20. The molecule has 1 aromatic heterocycles. The molecule has 2 bridgehead atoms. The maximum absolute atomic E-state index is 6.31. The summed E-state index contributed by atoms with van der Waals surface area (Å²) in [5, 5.41) is 3.14. The summed E-state index contributed by atoms with van der Waals surface area (Å²) < 4.78 is 6.31. The average molecular weight is 288 g/mol. The van der Waals surface area contributed by atoms with Crippen LogP contribution in [0, 0.1) is 16.7 Å². The lowest BCUT2D eigenvalue weighted by Crippen LogP contribution is -2.37. The van der Waals surface area contributed by atoms with Gasteiger partial charge >= 0.3 is 0 Å². The molecule has 1 N–H and O–H groups in total. The van der Waals surface area contributed by atoms with Crippen LogP contribution in [-0.4, -0.2) is 18.1 Å². The number of rotatable bonds is 5. The van der Waals surface area contributed by atoms with E-state index in [1.54, 1.807) is 0 Å². The molecule has 0 aliphatic heterocycles. The van der Waals surface area contributed by atoms with E-state index >= 15 is 0 Å². The van der Waals surface area contributed by atoms with Crippen molar-refractivity contribution in [3.63, 3.8) is 0 Å². The first kappa shape index (κ1) is 15.0. The van der Waals surface area contributed by atoms with E-state index in [2.05, 4.69) is 49.3 Å². The van der Waals surface area contributed by atoms with Crippen LogP contribution in [0.15, 0.2) is 18.2 Å². The number of hydrogen-bond donors (Lipinski definition) is 1. The van der Waals surface area contributed by atoms with Gasteiger partial charge in [0.15, 0.2) is 0 Å². The molecule has 116 valence electrons. The number of ether oxygens (including phenoxy) is 1. The molecular weight excluding hydrogens is 260 g/mol. The first-order valence-corrected chi connectivity index (χ1v) is 8.18. The highest BCUT2D eigenvalue weighted by atomic mass is 16.5. The standard InChI is InChI=1S/C18H28N2O/c1-17(2)13-8-9-18(17,3)16(10-13)21-12-15-7-5-6-14(20-15)11-19-4/h5-7,13,16,19H,8-12H2,1-4H3. The van der Waals surface area contributed by atoms with Gasteiger partial charge in [-0.1, -0.05) is 26.8 Å². The third-order valence-corrected chi connectivity index (χ3v) is 6.37. The Morgan fingerprint density at radius 3 is 2.67 bits per heavy atom. The molecule has 2 fully saturated rings. The molecule has 0 radical (unpaired) electrons. The molecule has 3 unspecified atom stereocenters. The molecule has 0 saturated heterocycles. The van der Waals surface area contributed by atoms with Crippen molar-refractivity contribution in [3.8, 4) is 0 Å². The number of hydrogen-bond acceptors (Lipinski definition) is 3. The van der Waals surface area contributed by atoms with Crippen LogP contribution >= 0.6 is 0 Å². The summed E-state index contributed by atoms with van der Waals surface area (Å²) in [4.78, 5) is 4.66. The second-order valence-corrected chi connectivity index (χ2v) is 7.56. The SMILES string of the molecule is CNCc1cccc(COC2CC3CCC2(C)C3(C)C)n1. The van der Waals surface area contributed by atoms with Crippen LogP contribution in [0.1, 0.15) is 51.4 Å². The maximum Gasteiger partial charge on any atom is 0.0892 e. The van der Waals surface area contributed by atoms with E-state index in [0.717, 1.165) is 23.9 Å².